The van der Waals surface area contributed by atoms with Gasteiger partial charge in [0.2, 0.25) is 5.91 Å². The quantitative estimate of drug-likeness (QED) is 0.925. The molecule has 0 aliphatic carbocycles. The standard InChI is InChI=1S/C16H18F3N3O/c17-16(18,19)14-5-4-13(8-12(14)9-20)22-7-1-2-11(10-22)3-6-15(21)23/h4-5,8,11H,1-3,6-7,10H2,(H2,21,23). The van der Waals surface area contributed by atoms with E-state index in [9.17, 15) is 18.0 Å². The molecule has 1 amide bonds. The van der Waals surface area contributed by atoms with E-state index in [-0.39, 0.29) is 17.4 Å². The van der Waals surface area contributed by atoms with Crippen LogP contribution in [-0.4, -0.2) is 19.0 Å². The minimum Gasteiger partial charge on any atom is -0.371 e. The highest BCUT2D eigenvalue weighted by Crippen LogP contribution is 2.34. The first-order valence-corrected chi connectivity index (χ1v) is 7.46. The Kier molecular flexibility index (Phi) is 5.14. The van der Waals surface area contributed by atoms with Gasteiger partial charge in [0.1, 0.15) is 0 Å². The van der Waals surface area contributed by atoms with Crippen LogP contribution in [0.5, 0.6) is 0 Å². The fraction of sp³-hybridized carbons (Fsp3) is 0.500. The third-order valence-corrected chi connectivity index (χ3v) is 4.11. The van der Waals surface area contributed by atoms with E-state index < -0.39 is 11.7 Å². The molecule has 1 heterocycles. The number of carbonyl (C=O) groups excluding carboxylic acids is 1. The molecule has 1 unspecified atom stereocenters. The number of carbonyl (C=O) groups is 1. The number of nitriles is 1. The first-order valence-electron chi connectivity index (χ1n) is 7.46. The van der Waals surface area contributed by atoms with Crippen LogP contribution in [0.4, 0.5) is 18.9 Å². The third-order valence-electron chi connectivity index (χ3n) is 4.11. The number of amides is 1. The summed E-state index contributed by atoms with van der Waals surface area (Å²) in [5, 5.41) is 8.98. The molecule has 1 saturated heterocycles. The molecule has 1 atom stereocenters. The van der Waals surface area contributed by atoms with Gasteiger partial charge in [-0.3, -0.25) is 4.79 Å². The van der Waals surface area contributed by atoms with Crippen LogP contribution in [0.1, 0.15) is 36.8 Å². The number of benzene rings is 1. The first kappa shape index (κ1) is 17.1. The molecule has 0 saturated carbocycles. The van der Waals surface area contributed by atoms with Crippen molar-refractivity contribution < 1.29 is 18.0 Å². The second kappa shape index (κ2) is 6.90. The van der Waals surface area contributed by atoms with Gasteiger partial charge in [0.05, 0.1) is 17.2 Å². The average Bonchev–Trinajstić information content (AvgIpc) is 2.51. The predicted molar refractivity (Wildman–Crippen MR) is 79.5 cm³/mol. The lowest BCUT2D eigenvalue weighted by atomic mass is 9.92. The highest BCUT2D eigenvalue weighted by atomic mass is 19.4. The van der Waals surface area contributed by atoms with Crippen LogP contribution in [0.2, 0.25) is 0 Å². The van der Waals surface area contributed by atoms with Crippen molar-refractivity contribution in [2.24, 2.45) is 11.7 Å². The van der Waals surface area contributed by atoms with E-state index in [1.165, 1.54) is 12.1 Å². The van der Waals surface area contributed by atoms with Gasteiger partial charge in [0, 0.05) is 25.2 Å². The van der Waals surface area contributed by atoms with Crippen molar-refractivity contribution in [3.8, 4) is 6.07 Å². The zero-order valence-electron chi connectivity index (χ0n) is 12.6. The summed E-state index contributed by atoms with van der Waals surface area (Å²) < 4.78 is 38.5. The summed E-state index contributed by atoms with van der Waals surface area (Å²) in [4.78, 5) is 12.8. The average molecular weight is 325 g/mol. The van der Waals surface area contributed by atoms with Gasteiger partial charge >= 0.3 is 6.18 Å². The van der Waals surface area contributed by atoms with Crippen LogP contribution in [0.3, 0.4) is 0 Å². The van der Waals surface area contributed by atoms with Gasteiger partial charge in [0.25, 0.3) is 0 Å². The zero-order valence-corrected chi connectivity index (χ0v) is 12.6. The van der Waals surface area contributed by atoms with Crippen molar-refractivity contribution in [1.82, 2.24) is 0 Å². The first-order chi connectivity index (χ1) is 10.8. The van der Waals surface area contributed by atoms with Crippen LogP contribution >= 0.6 is 0 Å². The molecule has 1 aliphatic heterocycles. The zero-order chi connectivity index (χ0) is 17.0. The van der Waals surface area contributed by atoms with Crippen molar-refractivity contribution in [2.45, 2.75) is 31.9 Å². The lowest BCUT2D eigenvalue weighted by Gasteiger charge is -2.34. The molecule has 2 N–H and O–H groups in total. The molecule has 2 rings (SSSR count). The highest BCUT2D eigenvalue weighted by Gasteiger charge is 2.34. The van der Waals surface area contributed by atoms with Gasteiger partial charge in [-0.05, 0) is 43.4 Å². The monoisotopic (exact) mass is 325 g/mol. The molecule has 7 heteroatoms. The summed E-state index contributed by atoms with van der Waals surface area (Å²) in [7, 11) is 0. The molecule has 0 aromatic heterocycles. The number of rotatable bonds is 4. The van der Waals surface area contributed by atoms with Crippen molar-refractivity contribution in [3.63, 3.8) is 0 Å². The molecule has 4 nitrogen and oxygen atoms in total. The number of nitrogens with two attached hydrogens (primary N) is 1. The van der Waals surface area contributed by atoms with Gasteiger partial charge in [-0.2, -0.15) is 18.4 Å². The lowest BCUT2D eigenvalue weighted by molar-refractivity contribution is -0.137. The second-order valence-electron chi connectivity index (χ2n) is 5.80. The molecule has 0 bridgehead atoms. The molecule has 1 fully saturated rings. The summed E-state index contributed by atoms with van der Waals surface area (Å²) >= 11 is 0. The van der Waals surface area contributed by atoms with E-state index in [1.807, 2.05) is 4.90 Å². The van der Waals surface area contributed by atoms with Crippen molar-refractivity contribution in [1.29, 1.82) is 5.26 Å². The predicted octanol–water partition coefficient (Wildman–Crippen LogP) is 3.06. The van der Waals surface area contributed by atoms with E-state index in [2.05, 4.69) is 0 Å². The van der Waals surface area contributed by atoms with Gasteiger partial charge in [-0.15, -0.1) is 0 Å². The van der Waals surface area contributed by atoms with E-state index in [0.717, 1.165) is 25.5 Å². The maximum absolute atomic E-state index is 12.8. The Bertz CT molecular complexity index is 622. The summed E-state index contributed by atoms with van der Waals surface area (Å²) in [5.41, 5.74) is 4.49. The number of nitrogens with zero attached hydrogens (tertiary/aromatic N) is 2. The maximum atomic E-state index is 12.8. The summed E-state index contributed by atoms with van der Waals surface area (Å²) in [6.07, 6.45) is -1.68. The molecule has 0 spiro atoms. The van der Waals surface area contributed by atoms with Gasteiger partial charge in [-0.25, -0.2) is 0 Å². The number of piperidine rings is 1. The van der Waals surface area contributed by atoms with Gasteiger partial charge in [-0.1, -0.05) is 0 Å². The molecular weight excluding hydrogens is 307 g/mol. The molecule has 124 valence electrons. The number of hydrogen-bond donors (Lipinski definition) is 1. The molecule has 1 aromatic rings. The minimum absolute atomic E-state index is 0.282. The van der Waals surface area contributed by atoms with E-state index in [4.69, 9.17) is 11.0 Å². The smallest absolute Gasteiger partial charge is 0.371 e. The van der Waals surface area contributed by atoms with E-state index in [0.29, 0.717) is 25.1 Å². The lowest BCUT2D eigenvalue weighted by Crippen LogP contribution is -2.36. The Hall–Kier alpha value is -2.23. The molecular formula is C16H18F3N3O. The SMILES string of the molecule is N#Cc1cc(N2CCCC(CCC(N)=O)C2)ccc1C(F)(F)F. The topological polar surface area (TPSA) is 70.1 Å². The fourth-order valence-corrected chi connectivity index (χ4v) is 2.95. The normalized spacial score (nSPS) is 18.5. The Balaban J connectivity index is 2.15. The number of alkyl halides is 3. The Morgan fingerprint density at radius 3 is 2.78 bits per heavy atom. The van der Waals surface area contributed by atoms with Crippen molar-refractivity contribution in [2.75, 3.05) is 18.0 Å². The highest BCUT2D eigenvalue weighted by molar-refractivity contribution is 5.73. The Morgan fingerprint density at radius 1 is 1.43 bits per heavy atom. The van der Waals surface area contributed by atoms with Crippen LogP contribution in [0.25, 0.3) is 0 Å². The maximum Gasteiger partial charge on any atom is 0.417 e. The number of primary amides is 1. The Labute approximate surface area is 132 Å². The number of halogens is 3. The summed E-state index contributed by atoms with van der Waals surface area (Å²) in [6, 6.07) is 5.28. The fourth-order valence-electron chi connectivity index (χ4n) is 2.95. The van der Waals surface area contributed by atoms with Crippen LogP contribution in [0.15, 0.2) is 18.2 Å². The second-order valence-corrected chi connectivity index (χ2v) is 5.80. The van der Waals surface area contributed by atoms with Crippen molar-refractivity contribution >= 4 is 11.6 Å². The molecule has 23 heavy (non-hydrogen) atoms. The molecule has 0 radical (unpaired) electrons. The number of anilines is 1. The summed E-state index contributed by atoms with van der Waals surface area (Å²) in [6.45, 7) is 1.38. The van der Waals surface area contributed by atoms with Crippen LogP contribution in [-0.2, 0) is 11.0 Å². The molecule has 1 aliphatic rings. The van der Waals surface area contributed by atoms with Gasteiger partial charge in [0.15, 0.2) is 0 Å². The minimum atomic E-state index is -4.53. The van der Waals surface area contributed by atoms with Crippen LogP contribution < -0.4 is 10.6 Å². The van der Waals surface area contributed by atoms with Crippen molar-refractivity contribution in [3.05, 3.63) is 29.3 Å². The Morgan fingerprint density at radius 2 is 2.17 bits per heavy atom. The van der Waals surface area contributed by atoms with E-state index in [1.54, 1.807) is 6.07 Å². The third kappa shape index (κ3) is 4.38. The van der Waals surface area contributed by atoms with E-state index >= 15 is 0 Å². The summed E-state index contributed by atoms with van der Waals surface area (Å²) in [5.74, 6) is -0.0625. The van der Waals surface area contributed by atoms with Crippen LogP contribution in [0, 0.1) is 17.2 Å². The largest absolute Gasteiger partial charge is 0.417 e. The molecule has 1 aromatic carbocycles. The van der Waals surface area contributed by atoms with Gasteiger partial charge < -0.3 is 10.6 Å². The number of hydrogen-bond acceptors (Lipinski definition) is 3.